The summed E-state index contributed by atoms with van der Waals surface area (Å²) in [5.74, 6) is 0. The van der Waals surface area contributed by atoms with E-state index < -0.39 is 25.2 Å². The van der Waals surface area contributed by atoms with Gasteiger partial charge in [-0.05, 0) is 6.42 Å². The standard InChI is InChI=1S/C5H10F3NO/c6-5(7,8)2-1-4(9)3-10/h4,10H,1-3,9H2/t4-/m1/s1. The highest BCUT2D eigenvalue weighted by Gasteiger charge is 2.27. The Kier molecular flexibility index (Phi) is 3.67. The molecule has 10 heavy (non-hydrogen) atoms. The number of aliphatic hydroxyl groups excluding tert-OH is 1. The number of aliphatic hydroxyl groups is 1. The predicted molar refractivity (Wildman–Crippen MR) is 30.4 cm³/mol. The topological polar surface area (TPSA) is 46.2 Å². The molecule has 5 heteroatoms. The van der Waals surface area contributed by atoms with E-state index in [9.17, 15) is 13.2 Å². The van der Waals surface area contributed by atoms with Crippen LogP contribution in [0.2, 0.25) is 0 Å². The predicted octanol–water partition coefficient (Wildman–Crippen LogP) is 0.649. The molecule has 0 heterocycles. The number of hydrogen-bond donors (Lipinski definition) is 2. The van der Waals surface area contributed by atoms with Gasteiger partial charge in [0.1, 0.15) is 0 Å². The minimum Gasteiger partial charge on any atom is -0.395 e. The van der Waals surface area contributed by atoms with Crippen molar-refractivity contribution in [2.75, 3.05) is 6.61 Å². The first-order valence-corrected chi connectivity index (χ1v) is 2.89. The largest absolute Gasteiger partial charge is 0.395 e. The average molecular weight is 157 g/mol. The second kappa shape index (κ2) is 3.78. The molecule has 0 fully saturated rings. The second-order valence-electron chi connectivity index (χ2n) is 2.10. The van der Waals surface area contributed by atoms with Gasteiger partial charge < -0.3 is 10.8 Å². The monoisotopic (exact) mass is 157 g/mol. The van der Waals surface area contributed by atoms with Crippen LogP contribution in [0.25, 0.3) is 0 Å². The Balaban J connectivity index is 3.36. The molecule has 0 bridgehead atoms. The molecule has 0 amide bonds. The van der Waals surface area contributed by atoms with Gasteiger partial charge in [0.25, 0.3) is 0 Å². The molecule has 2 nitrogen and oxygen atoms in total. The van der Waals surface area contributed by atoms with Crippen LogP contribution >= 0.6 is 0 Å². The van der Waals surface area contributed by atoms with Crippen molar-refractivity contribution in [2.45, 2.75) is 25.1 Å². The Hall–Kier alpha value is -0.290. The number of alkyl halides is 3. The van der Waals surface area contributed by atoms with Gasteiger partial charge in [0.05, 0.1) is 6.61 Å². The molecule has 0 aromatic rings. The van der Waals surface area contributed by atoms with Gasteiger partial charge in [-0.15, -0.1) is 0 Å². The minimum atomic E-state index is -4.16. The first-order chi connectivity index (χ1) is 4.45. The summed E-state index contributed by atoms with van der Waals surface area (Å²) in [4.78, 5) is 0. The molecule has 0 aromatic carbocycles. The SMILES string of the molecule is N[C@@H](CO)CCC(F)(F)F. The summed E-state index contributed by atoms with van der Waals surface area (Å²) in [5.41, 5.74) is 5.03. The van der Waals surface area contributed by atoms with Gasteiger partial charge in [-0.2, -0.15) is 13.2 Å². The quantitative estimate of drug-likeness (QED) is 0.631. The van der Waals surface area contributed by atoms with Crippen molar-refractivity contribution in [1.82, 2.24) is 0 Å². The molecule has 0 unspecified atom stereocenters. The van der Waals surface area contributed by atoms with E-state index in [0.29, 0.717) is 0 Å². The zero-order valence-corrected chi connectivity index (χ0v) is 5.36. The molecule has 62 valence electrons. The van der Waals surface area contributed by atoms with E-state index in [1.807, 2.05) is 0 Å². The number of rotatable bonds is 3. The Morgan fingerprint density at radius 1 is 1.40 bits per heavy atom. The van der Waals surface area contributed by atoms with Crippen molar-refractivity contribution in [3.05, 3.63) is 0 Å². The van der Waals surface area contributed by atoms with E-state index in [-0.39, 0.29) is 6.42 Å². The Labute approximate surface area is 56.8 Å². The molecule has 3 N–H and O–H groups in total. The fourth-order valence-electron chi connectivity index (χ4n) is 0.440. The molecule has 0 saturated heterocycles. The summed E-state index contributed by atoms with van der Waals surface area (Å²) in [6.45, 7) is -0.393. The Bertz CT molecular complexity index is 93.4. The first kappa shape index (κ1) is 9.71. The number of nitrogens with two attached hydrogens (primary N) is 1. The fourth-order valence-corrected chi connectivity index (χ4v) is 0.440. The van der Waals surface area contributed by atoms with Gasteiger partial charge in [-0.3, -0.25) is 0 Å². The lowest BCUT2D eigenvalue weighted by atomic mass is 10.2. The lowest BCUT2D eigenvalue weighted by molar-refractivity contribution is -0.136. The van der Waals surface area contributed by atoms with E-state index in [1.165, 1.54) is 0 Å². The van der Waals surface area contributed by atoms with Crippen molar-refractivity contribution in [3.8, 4) is 0 Å². The maximum atomic E-state index is 11.4. The van der Waals surface area contributed by atoms with Gasteiger partial charge in [-0.25, -0.2) is 0 Å². The van der Waals surface area contributed by atoms with Gasteiger partial charge in [0, 0.05) is 12.5 Å². The summed E-state index contributed by atoms with van der Waals surface area (Å²) >= 11 is 0. The number of hydrogen-bond acceptors (Lipinski definition) is 2. The highest BCUT2D eigenvalue weighted by Crippen LogP contribution is 2.21. The lowest BCUT2D eigenvalue weighted by Crippen LogP contribution is -2.26. The van der Waals surface area contributed by atoms with Crippen molar-refractivity contribution < 1.29 is 18.3 Å². The lowest BCUT2D eigenvalue weighted by Gasteiger charge is -2.09. The second-order valence-corrected chi connectivity index (χ2v) is 2.10. The van der Waals surface area contributed by atoms with Gasteiger partial charge in [0.15, 0.2) is 0 Å². The van der Waals surface area contributed by atoms with Gasteiger partial charge in [0.2, 0.25) is 0 Å². The van der Waals surface area contributed by atoms with E-state index in [0.717, 1.165) is 0 Å². The zero-order valence-electron chi connectivity index (χ0n) is 5.36. The normalized spacial score (nSPS) is 15.3. The van der Waals surface area contributed by atoms with Gasteiger partial charge in [-0.1, -0.05) is 0 Å². The smallest absolute Gasteiger partial charge is 0.389 e. The Morgan fingerprint density at radius 2 is 1.90 bits per heavy atom. The minimum absolute atomic E-state index is 0.208. The van der Waals surface area contributed by atoms with Crippen LogP contribution in [0, 0.1) is 0 Å². The molecule has 0 aliphatic rings. The summed E-state index contributed by atoms with van der Waals surface area (Å²) in [6.07, 6.45) is -5.29. The fraction of sp³-hybridized carbons (Fsp3) is 1.00. The molecular formula is C5H10F3NO. The van der Waals surface area contributed by atoms with Crippen LogP contribution in [0.1, 0.15) is 12.8 Å². The molecule has 0 aliphatic carbocycles. The van der Waals surface area contributed by atoms with Crippen molar-refractivity contribution >= 4 is 0 Å². The highest BCUT2D eigenvalue weighted by molar-refractivity contribution is 4.61. The van der Waals surface area contributed by atoms with Crippen LogP contribution < -0.4 is 5.73 Å². The van der Waals surface area contributed by atoms with Crippen LogP contribution in [-0.4, -0.2) is 23.9 Å². The summed E-state index contributed by atoms with van der Waals surface area (Å²) < 4.78 is 34.2. The molecular weight excluding hydrogens is 147 g/mol. The highest BCUT2D eigenvalue weighted by atomic mass is 19.4. The molecule has 0 radical (unpaired) electrons. The summed E-state index contributed by atoms with van der Waals surface area (Å²) in [6, 6.07) is -0.748. The van der Waals surface area contributed by atoms with Crippen molar-refractivity contribution in [1.29, 1.82) is 0 Å². The van der Waals surface area contributed by atoms with Crippen LogP contribution in [0.3, 0.4) is 0 Å². The molecule has 0 spiro atoms. The zero-order chi connectivity index (χ0) is 8.20. The van der Waals surface area contributed by atoms with Crippen LogP contribution in [0.5, 0.6) is 0 Å². The van der Waals surface area contributed by atoms with Crippen LogP contribution in [0.4, 0.5) is 13.2 Å². The maximum Gasteiger partial charge on any atom is 0.389 e. The van der Waals surface area contributed by atoms with Crippen LogP contribution in [0.15, 0.2) is 0 Å². The third-order valence-corrected chi connectivity index (χ3v) is 1.03. The Morgan fingerprint density at radius 3 is 2.20 bits per heavy atom. The third-order valence-electron chi connectivity index (χ3n) is 1.03. The van der Waals surface area contributed by atoms with E-state index >= 15 is 0 Å². The molecule has 0 aromatic heterocycles. The third kappa shape index (κ3) is 5.84. The van der Waals surface area contributed by atoms with E-state index in [4.69, 9.17) is 10.8 Å². The summed E-state index contributed by atoms with van der Waals surface area (Å²) in [5, 5.41) is 8.24. The summed E-state index contributed by atoms with van der Waals surface area (Å²) in [7, 11) is 0. The molecule has 1 atom stereocenters. The van der Waals surface area contributed by atoms with E-state index in [1.54, 1.807) is 0 Å². The number of halogens is 3. The first-order valence-electron chi connectivity index (χ1n) is 2.89. The van der Waals surface area contributed by atoms with Gasteiger partial charge >= 0.3 is 6.18 Å². The molecule has 0 rings (SSSR count). The van der Waals surface area contributed by atoms with Crippen molar-refractivity contribution in [2.24, 2.45) is 5.73 Å². The van der Waals surface area contributed by atoms with Crippen molar-refractivity contribution in [3.63, 3.8) is 0 Å². The van der Waals surface area contributed by atoms with Crippen LogP contribution in [-0.2, 0) is 0 Å². The molecule has 0 saturated carbocycles. The van der Waals surface area contributed by atoms with E-state index in [2.05, 4.69) is 0 Å². The maximum absolute atomic E-state index is 11.4. The average Bonchev–Trinajstić information content (AvgIpc) is 1.81. The molecule has 0 aliphatic heterocycles.